The molecule has 3 aromatic carbocycles. The van der Waals surface area contributed by atoms with Crippen LogP contribution in [-0.4, -0.2) is 5.91 Å². The Bertz CT molecular complexity index is 1170. The highest BCUT2D eigenvalue weighted by Gasteiger charge is 2.18. The third-order valence-corrected chi connectivity index (χ3v) is 4.61. The summed E-state index contributed by atoms with van der Waals surface area (Å²) in [6.45, 7) is 0. The van der Waals surface area contributed by atoms with E-state index >= 15 is 4.39 Å². The number of carbonyl (C=O) groups is 1. The van der Waals surface area contributed by atoms with E-state index in [1.54, 1.807) is 24.3 Å². The Labute approximate surface area is 182 Å². The van der Waals surface area contributed by atoms with Gasteiger partial charge in [0.05, 0.1) is 34.7 Å². The quantitative estimate of drug-likeness (QED) is 0.517. The Balaban J connectivity index is 1.83. The summed E-state index contributed by atoms with van der Waals surface area (Å²) < 4.78 is 20.5. The van der Waals surface area contributed by atoms with Crippen molar-refractivity contribution in [1.82, 2.24) is 0 Å². The van der Waals surface area contributed by atoms with Crippen LogP contribution in [-0.2, 0) is 11.2 Å². The first-order valence-corrected chi connectivity index (χ1v) is 9.41. The number of amides is 1. The topological polar surface area (TPSA) is 85.9 Å². The summed E-state index contributed by atoms with van der Waals surface area (Å²) in [6, 6.07) is 17.5. The first-order chi connectivity index (χ1) is 14.4. The number of ether oxygens (including phenoxy) is 1. The highest BCUT2D eigenvalue weighted by molar-refractivity contribution is 7.80. The highest BCUT2D eigenvalue weighted by atomic mass is 35.5. The summed E-state index contributed by atoms with van der Waals surface area (Å²) in [6.07, 6.45) is -0.246. The number of nitrogens with one attached hydrogen (secondary N) is 1. The zero-order chi connectivity index (χ0) is 21.7. The molecule has 0 radical (unpaired) electrons. The van der Waals surface area contributed by atoms with Gasteiger partial charge in [0.2, 0.25) is 5.91 Å². The molecule has 1 N–H and O–H groups in total. The van der Waals surface area contributed by atoms with Crippen molar-refractivity contribution in [1.29, 1.82) is 10.5 Å². The van der Waals surface area contributed by atoms with Gasteiger partial charge < -0.3 is 10.1 Å². The molecule has 30 heavy (non-hydrogen) atoms. The Morgan fingerprint density at radius 1 is 1.07 bits per heavy atom. The molecule has 0 bridgehead atoms. The van der Waals surface area contributed by atoms with Crippen molar-refractivity contribution in [2.75, 3.05) is 5.32 Å². The lowest BCUT2D eigenvalue weighted by Crippen LogP contribution is -2.15. The molecule has 0 aromatic heterocycles. The Hall–Kier alpha value is -3.52. The number of thiol groups is 1. The van der Waals surface area contributed by atoms with Crippen LogP contribution in [0.25, 0.3) is 0 Å². The van der Waals surface area contributed by atoms with E-state index in [-0.39, 0.29) is 39.6 Å². The fourth-order valence-corrected chi connectivity index (χ4v) is 2.96. The van der Waals surface area contributed by atoms with Crippen LogP contribution in [0.15, 0.2) is 59.5 Å². The molecule has 0 spiro atoms. The molecule has 0 saturated heterocycles. The van der Waals surface area contributed by atoms with Crippen molar-refractivity contribution in [2.45, 2.75) is 11.3 Å². The maximum absolute atomic E-state index is 15.0. The fraction of sp³-hybridized carbons (Fsp3) is 0.0455. The number of nitriles is 2. The molecular formula is C22H13ClFN3O2S. The number of carbonyl (C=O) groups excluding carboxylic acids is 1. The van der Waals surface area contributed by atoms with Crippen molar-refractivity contribution in [3.63, 3.8) is 0 Å². The van der Waals surface area contributed by atoms with E-state index in [0.717, 1.165) is 4.90 Å². The molecule has 3 rings (SSSR count). The predicted molar refractivity (Wildman–Crippen MR) is 113 cm³/mol. The normalized spacial score (nSPS) is 10.0. The Morgan fingerprint density at radius 3 is 2.30 bits per heavy atom. The zero-order valence-electron chi connectivity index (χ0n) is 15.3. The summed E-state index contributed by atoms with van der Waals surface area (Å²) in [7, 11) is 0. The third kappa shape index (κ3) is 5.09. The van der Waals surface area contributed by atoms with E-state index < -0.39 is 11.7 Å². The second kappa shape index (κ2) is 9.32. The Morgan fingerprint density at radius 2 is 1.70 bits per heavy atom. The molecule has 1 amide bonds. The largest absolute Gasteiger partial charge is 0.453 e. The van der Waals surface area contributed by atoms with Gasteiger partial charge in [-0.3, -0.25) is 4.79 Å². The van der Waals surface area contributed by atoms with E-state index in [4.69, 9.17) is 26.9 Å². The van der Waals surface area contributed by atoms with Crippen molar-refractivity contribution in [3.8, 4) is 23.6 Å². The number of halogens is 2. The van der Waals surface area contributed by atoms with Crippen LogP contribution in [0.5, 0.6) is 11.5 Å². The number of hydrogen-bond acceptors (Lipinski definition) is 5. The minimum Gasteiger partial charge on any atom is -0.453 e. The summed E-state index contributed by atoms with van der Waals surface area (Å²) in [5, 5.41) is 20.8. The van der Waals surface area contributed by atoms with Gasteiger partial charge in [-0.15, -0.1) is 12.6 Å². The fourth-order valence-electron chi connectivity index (χ4n) is 2.63. The molecule has 148 valence electrons. The van der Waals surface area contributed by atoms with E-state index in [9.17, 15) is 4.79 Å². The summed E-state index contributed by atoms with van der Waals surface area (Å²) in [4.78, 5) is 13.0. The lowest BCUT2D eigenvalue weighted by Gasteiger charge is -2.12. The minimum absolute atomic E-state index is 0.0121. The zero-order valence-corrected chi connectivity index (χ0v) is 17.0. The van der Waals surface area contributed by atoms with Gasteiger partial charge in [-0.2, -0.15) is 10.5 Å². The smallest absolute Gasteiger partial charge is 0.228 e. The van der Waals surface area contributed by atoms with E-state index in [1.807, 2.05) is 12.1 Å². The summed E-state index contributed by atoms with van der Waals surface area (Å²) >= 11 is 10.3. The third-order valence-electron chi connectivity index (χ3n) is 4.02. The van der Waals surface area contributed by atoms with Crippen LogP contribution in [0.2, 0.25) is 5.02 Å². The standard InChI is InChI=1S/C22H13ClFN3O2S/c23-19-6-1-15(10-20(28)27-16-2-4-18(30)5-3-16)21(24)22(19)29-17-8-13(11-25)7-14(9-17)12-26/h1-9,30H,10H2,(H,27,28). The van der Waals surface area contributed by atoms with E-state index in [0.29, 0.717) is 5.69 Å². The van der Waals surface area contributed by atoms with Crippen molar-refractivity contribution in [3.05, 3.63) is 82.1 Å². The van der Waals surface area contributed by atoms with Gasteiger partial charge in [-0.05, 0) is 48.5 Å². The van der Waals surface area contributed by atoms with Crippen LogP contribution in [0.4, 0.5) is 10.1 Å². The number of anilines is 1. The molecule has 0 aliphatic carbocycles. The molecule has 0 aliphatic heterocycles. The summed E-state index contributed by atoms with van der Waals surface area (Å²) in [5.74, 6) is -1.43. The average Bonchev–Trinajstić information content (AvgIpc) is 2.74. The second-order valence-corrected chi connectivity index (χ2v) is 7.12. The monoisotopic (exact) mass is 437 g/mol. The van der Waals surface area contributed by atoms with Crippen LogP contribution in [0.3, 0.4) is 0 Å². The maximum Gasteiger partial charge on any atom is 0.228 e. The van der Waals surface area contributed by atoms with Gasteiger partial charge in [0.15, 0.2) is 11.6 Å². The van der Waals surface area contributed by atoms with Crippen LogP contribution in [0, 0.1) is 28.5 Å². The van der Waals surface area contributed by atoms with Crippen LogP contribution in [0.1, 0.15) is 16.7 Å². The first-order valence-electron chi connectivity index (χ1n) is 8.58. The molecule has 5 nitrogen and oxygen atoms in total. The molecule has 0 aliphatic rings. The van der Waals surface area contributed by atoms with Gasteiger partial charge in [-0.25, -0.2) is 4.39 Å². The molecular weight excluding hydrogens is 425 g/mol. The lowest BCUT2D eigenvalue weighted by molar-refractivity contribution is -0.115. The molecule has 3 aromatic rings. The van der Waals surface area contributed by atoms with Gasteiger partial charge in [0, 0.05) is 16.1 Å². The first kappa shape index (κ1) is 21.2. The lowest BCUT2D eigenvalue weighted by atomic mass is 10.1. The number of benzene rings is 3. The van der Waals surface area contributed by atoms with Crippen LogP contribution < -0.4 is 10.1 Å². The summed E-state index contributed by atoms with van der Waals surface area (Å²) in [5.41, 5.74) is 1.00. The molecule has 0 saturated carbocycles. The SMILES string of the molecule is N#Cc1cc(C#N)cc(Oc2c(Cl)ccc(CC(=O)Nc3ccc(S)cc3)c2F)c1. The Kier molecular flexibility index (Phi) is 6.58. The number of nitrogens with zero attached hydrogens (tertiary/aromatic N) is 2. The van der Waals surface area contributed by atoms with Crippen molar-refractivity contribution < 1.29 is 13.9 Å². The van der Waals surface area contributed by atoms with E-state index in [1.165, 1.54) is 30.3 Å². The van der Waals surface area contributed by atoms with Gasteiger partial charge in [-0.1, -0.05) is 17.7 Å². The molecule has 8 heteroatoms. The minimum atomic E-state index is -0.802. The number of rotatable bonds is 5. The van der Waals surface area contributed by atoms with Gasteiger partial charge in [0.1, 0.15) is 5.75 Å². The van der Waals surface area contributed by atoms with Crippen LogP contribution >= 0.6 is 24.2 Å². The predicted octanol–water partition coefficient (Wildman–Crippen LogP) is 5.48. The van der Waals surface area contributed by atoms with E-state index in [2.05, 4.69) is 17.9 Å². The van der Waals surface area contributed by atoms with Gasteiger partial charge in [0.25, 0.3) is 0 Å². The highest BCUT2D eigenvalue weighted by Crippen LogP contribution is 2.35. The average molecular weight is 438 g/mol. The maximum atomic E-state index is 15.0. The number of hydrogen-bond donors (Lipinski definition) is 2. The molecule has 0 fully saturated rings. The molecule has 0 unspecified atom stereocenters. The van der Waals surface area contributed by atoms with Gasteiger partial charge >= 0.3 is 0 Å². The van der Waals surface area contributed by atoms with Crippen molar-refractivity contribution in [2.24, 2.45) is 0 Å². The second-order valence-electron chi connectivity index (χ2n) is 6.19. The molecule has 0 heterocycles. The van der Waals surface area contributed by atoms with Crippen molar-refractivity contribution >= 4 is 35.8 Å². The molecule has 0 atom stereocenters.